The van der Waals surface area contributed by atoms with Crippen molar-refractivity contribution in [2.24, 2.45) is 5.10 Å². The van der Waals surface area contributed by atoms with E-state index in [1.807, 2.05) is 64.3 Å². The van der Waals surface area contributed by atoms with Crippen LogP contribution in [0.3, 0.4) is 0 Å². The smallest absolute Gasteiger partial charge is 0.232 e. The molecule has 0 rings (SSSR count). The van der Waals surface area contributed by atoms with Crippen molar-refractivity contribution in [3.05, 3.63) is 0 Å². The van der Waals surface area contributed by atoms with E-state index in [9.17, 15) is 0 Å². The fraction of sp³-hybridized carbons (Fsp3) is 0.875. The number of hydrazine groups is 1. The molecule has 0 aliphatic heterocycles. The molecule has 0 aromatic rings. The highest BCUT2D eigenvalue weighted by Gasteiger charge is 2.10. The van der Waals surface area contributed by atoms with E-state index in [4.69, 9.17) is 0 Å². The standard InChI is InChI=1S/C8H21N5/c1-10(2)8(9-11(3)4)13(7)12(5)6/h1-7H3/b9-8-. The molecule has 0 bridgehead atoms. The number of guanidine groups is 1. The molecule has 0 aromatic heterocycles. The van der Waals surface area contributed by atoms with E-state index >= 15 is 0 Å². The lowest BCUT2D eigenvalue weighted by Gasteiger charge is -2.31. The summed E-state index contributed by atoms with van der Waals surface area (Å²) in [4.78, 5) is 1.97. The van der Waals surface area contributed by atoms with Gasteiger partial charge in [0.2, 0.25) is 5.96 Å². The molecule has 0 fully saturated rings. The Labute approximate surface area is 81.2 Å². The Hall–Kier alpha value is -0.970. The second-order valence-electron chi connectivity index (χ2n) is 3.51. The number of hydrazone groups is 1. The van der Waals surface area contributed by atoms with Gasteiger partial charge in [-0.3, -0.25) is 10.0 Å². The molecule has 0 saturated carbocycles. The van der Waals surface area contributed by atoms with Crippen molar-refractivity contribution in [2.45, 2.75) is 0 Å². The summed E-state index contributed by atoms with van der Waals surface area (Å²) in [7, 11) is 13.7. The monoisotopic (exact) mass is 187 g/mol. The van der Waals surface area contributed by atoms with E-state index in [1.165, 1.54) is 0 Å². The van der Waals surface area contributed by atoms with Gasteiger partial charge in [-0.05, 0) is 0 Å². The van der Waals surface area contributed by atoms with Crippen LogP contribution in [-0.2, 0) is 0 Å². The van der Waals surface area contributed by atoms with Crippen molar-refractivity contribution in [1.82, 2.24) is 19.9 Å². The van der Waals surface area contributed by atoms with Crippen LogP contribution < -0.4 is 0 Å². The van der Waals surface area contributed by atoms with Gasteiger partial charge in [-0.1, -0.05) is 0 Å². The van der Waals surface area contributed by atoms with Crippen molar-refractivity contribution in [1.29, 1.82) is 0 Å². The Morgan fingerprint density at radius 2 is 1.31 bits per heavy atom. The third-order valence-corrected chi connectivity index (χ3v) is 1.58. The van der Waals surface area contributed by atoms with Gasteiger partial charge in [-0.25, -0.2) is 5.01 Å². The van der Waals surface area contributed by atoms with Crippen LogP contribution in [0.5, 0.6) is 0 Å². The van der Waals surface area contributed by atoms with E-state index < -0.39 is 0 Å². The van der Waals surface area contributed by atoms with E-state index in [-0.39, 0.29) is 0 Å². The van der Waals surface area contributed by atoms with Crippen LogP contribution in [0.15, 0.2) is 5.10 Å². The molecule has 0 aromatic carbocycles. The second-order valence-corrected chi connectivity index (χ2v) is 3.51. The van der Waals surface area contributed by atoms with Gasteiger partial charge in [-0.15, -0.1) is 5.10 Å². The average Bonchev–Trinajstić information content (AvgIpc) is 1.97. The van der Waals surface area contributed by atoms with Gasteiger partial charge in [0.1, 0.15) is 0 Å². The Morgan fingerprint density at radius 1 is 0.846 bits per heavy atom. The van der Waals surface area contributed by atoms with E-state index in [0.717, 1.165) is 5.96 Å². The van der Waals surface area contributed by atoms with Crippen molar-refractivity contribution in [3.8, 4) is 0 Å². The van der Waals surface area contributed by atoms with E-state index in [1.54, 1.807) is 5.01 Å². The Balaban J connectivity index is 4.61. The van der Waals surface area contributed by atoms with Crippen molar-refractivity contribution in [2.75, 3.05) is 49.3 Å². The highest BCUT2D eigenvalue weighted by molar-refractivity contribution is 5.78. The van der Waals surface area contributed by atoms with Crippen LogP contribution >= 0.6 is 0 Å². The van der Waals surface area contributed by atoms with Crippen LogP contribution in [-0.4, -0.2) is 75.2 Å². The Bertz CT molecular complexity index is 173. The number of hydrogen-bond donors (Lipinski definition) is 0. The Kier molecular flexibility index (Phi) is 4.55. The molecule has 0 N–H and O–H groups in total. The summed E-state index contributed by atoms with van der Waals surface area (Å²) in [5.41, 5.74) is 0. The number of nitrogens with zero attached hydrogens (tertiary/aromatic N) is 5. The van der Waals surface area contributed by atoms with Crippen LogP contribution in [0.25, 0.3) is 0 Å². The molecule has 0 aliphatic rings. The molecular formula is C8H21N5. The molecule has 5 heteroatoms. The van der Waals surface area contributed by atoms with Gasteiger partial charge in [0.25, 0.3) is 0 Å². The first-order valence-electron chi connectivity index (χ1n) is 4.20. The van der Waals surface area contributed by atoms with Gasteiger partial charge in [0.15, 0.2) is 0 Å². The maximum Gasteiger partial charge on any atom is 0.232 e. The second kappa shape index (κ2) is 4.91. The normalized spacial score (nSPS) is 11.8. The lowest BCUT2D eigenvalue weighted by atomic mass is 10.7. The molecule has 5 nitrogen and oxygen atoms in total. The first kappa shape index (κ1) is 12.0. The molecule has 0 radical (unpaired) electrons. The zero-order chi connectivity index (χ0) is 10.6. The molecule has 0 unspecified atom stereocenters. The maximum absolute atomic E-state index is 4.36. The third kappa shape index (κ3) is 3.98. The van der Waals surface area contributed by atoms with Gasteiger partial charge < -0.3 is 4.90 Å². The van der Waals surface area contributed by atoms with Crippen LogP contribution in [0.4, 0.5) is 0 Å². The quantitative estimate of drug-likeness (QED) is 0.339. The molecule has 0 atom stereocenters. The first-order valence-corrected chi connectivity index (χ1v) is 4.20. The minimum absolute atomic E-state index is 0.898. The lowest BCUT2D eigenvalue weighted by Crippen LogP contribution is -2.46. The minimum atomic E-state index is 0.898. The number of hydrogen-bond acceptors (Lipinski definition) is 3. The summed E-state index contributed by atoms with van der Waals surface area (Å²) < 4.78 is 0. The molecule has 78 valence electrons. The predicted molar refractivity (Wildman–Crippen MR) is 56.3 cm³/mol. The summed E-state index contributed by atoms with van der Waals surface area (Å²) in [6.45, 7) is 0. The van der Waals surface area contributed by atoms with Gasteiger partial charge in [-0.2, -0.15) is 0 Å². The van der Waals surface area contributed by atoms with Crippen LogP contribution in [0, 0.1) is 0 Å². The Morgan fingerprint density at radius 3 is 1.54 bits per heavy atom. The maximum atomic E-state index is 4.36. The van der Waals surface area contributed by atoms with Crippen molar-refractivity contribution in [3.63, 3.8) is 0 Å². The summed E-state index contributed by atoms with van der Waals surface area (Å²) >= 11 is 0. The molecule has 13 heavy (non-hydrogen) atoms. The highest BCUT2D eigenvalue weighted by atomic mass is 15.7. The summed E-state index contributed by atoms with van der Waals surface area (Å²) in [6, 6.07) is 0. The molecule has 0 heterocycles. The van der Waals surface area contributed by atoms with Crippen LogP contribution in [0.2, 0.25) is 0 Å². The van der Waals surface area contributed by atoms with Crippen molar-refractivity contribution >= 4 is 5.96 Å². The average molecular weight is 187 g/mol. The van der Waals surface area contributed by atoms with E-state index in [0.29, 0.717) is 0 Å². The van der Waals surface area contributed by atoms with E-state index in [2.05, 4.69) is 5.10 Å². The highest BCUT2D eigenvalue weighted by Crippen LogP contribution is 1.95. The third-order valence-electron chi connectivity index (χ3n) is 1.58. The summed E-state index contributed by atoms with van der Waals surface area (Å²) in [6.07, 6.45) is 0. The predicted octanol–water partition coefficient (Wildman–Crippen LogP) is -0.211. The number of rotatable bonds is 2. The zero-order valence-electron chi connectivity index (χ0n) is 9.74. The SMILES string of the molecule is CN(C)/N=C(/N(C)C)N(C)N(C)C. The first-order chi connectivity index (χ1) is 5.86. The van der Waals surface area contributed by atoms with Crippen molar-refractivity contribution < 1.29 is 0 Å². The lowest BCUT2D eigenvalue weighted by molar-refractivity contribution is 0.124. The molecular weight excluding hydrogens is 166 g/mol. The van der Waals surface area contributed by atoms with Crippen LogP contribution in [0.1, 0.15) is 0 Å². The van der Waals surface area contributed by atoms with Gasteiger partial charge in [0, 0.05) is 49.3 Å². The summed E-state index contributed by atoms with van der Waals surface area (Å²) in [5, 5.41) is 10.1. The minimum Gasteiger partial charge on any atom is -0.346 e. The largest absolute Gasteiger partial charge is 0.346 e. The molecule has 0 aliphatic carbocycles. The fourth-order valence-electron chi connectivity index (χ4n) is 0.801. The fourth-order valence-corrected chi connectivity index (χ4v) is 0.801. The summed E-state index contributed by atoms with van der Waals surface area (Å²) in [5.74, 6) is 0.898. The zero-order valence-corrected chi connectivity index (χ0v) is 9.74. The topological polar surface area (TPSA) is 25.3 Å². The molecule has 0 amide bonds. The van der Waals surface area contributed by atoms with Gasteiger partial charge >= 0.3 is 0 Å². The van der Waals surface area contributed by atoms with Gasteiger partial charge in [0.05, 0.1) is 0 Å². The molecule has 0 saturated heterocycles. The molecule has 0 spiro atoms.